The summed E-state index contributed by atoms with van der Waals surface area (Å²) in [5, 5.41) is 21.5. The second-order valence-corrected chi connectivity index (χ2v) is 3.63. The van der Waals surface area contributed by atoms with Gasteiger partial charge in [0, 0.05) is 30.8 Å². The zero-order valence-electron chi connectivity index (χ0n) is 9.90. The summed E-state index contributed by atoms with van der Waals surface area (Å²) < 4.78 is 0. The number of hydrogen-bond acceptors (Lipinski definition) is 4. The van der Waals surface area contributed by atoms with Crippen LogP contribution in [0.3, 0.4) is 0 Å². The SMILES string of the molecule is CC(=O)NCC=Cc1c(CO)cnc(C)c1O. The Balaban J connectivity index is 2.88. The third kappa shape index (κ3) is 3.57. The average Bonchev–Trinajstić information content (AvgIpc) is 2.29. The minimum atomic E-state index is -0.194. The number of aliphatic hydroxyl groups excluding tert-OH is 1. The van der Waals surface area contributed by atoms with Crippen molar-refractivity contribution in [1.82, 2.24) is 10.3 Å². The van der Waals surface area contributed by atoms with E-state index in [-0.39, 0.29) is 18.3 Å². The number of aliphatic hydroxyl groups is 1. The number of nitrogens with one attached hydrogen (secondary N) is 1. The lowest BCUT2D eigenvalue weighted by molar-refractivity contribution is -0.118. The quantitative estimate of drug-likeness (QED) is 0.720. The summed E-state index contributed by atoms with van der Waals surface area (Å²) in [6.45, 7) is 3.30. The molecule has 0 aromatic carbocycles. The molecule has 1 aromatic rings. The third-order valence-corrected chi connectivity index (χ3v) is 2.28. The van der Waals surface area contributed by atoms with Crippen LogP contribution in [0.2, 0.25) is 0 Å². The van der Waals surface area contributed by atoms with Crippen LogP contribution in [-0.2, 0) is 11.4 Å². The molecule has 0 saturated carbocycles. The molecule has 1 rings (SSSR count). The van der Waals surface area contributed by atoms with Crippen LogP contribution in [-0.4, -0.2) is 27.6 Å². The van der Waals surface area contributed by atoms with Crippen molar-refractivity contribution in [1.29, 1.82) is 0 Å². The van der Waals surface area contributed by atoms with Crippen LogP contribution >= 0.6 is 0 Å². The van der Waals surface area contributed by atoms with Gasteiger partial charge >= 0.3 is 0 Å². The van der Waals surface area contributed by atoms with E-state index in [1.165, 1.54) is 13.1 Å². The molecular formula is C12H16N2O3. The van der Waals surface area contributed by atoms with Gasteiger partial charge in [0.1, 0.15) is 5.75 Å². The van der Waals surface area contributed by atoms with Gasteiger partial charge < -0.3 is 15.5 Å². The molecule has 0 bridgehead atoms. The van der Waals surface area contributed by atoms with Crippen LogP contribution in [0.5, 0.6) is 5.75 Å². The molecule has 3 N–H and O–H groups in total. The number of hydrogen-bond donors (Lipinski definition) is 3. The zero-order valence-corrected chi connectivity index (χ0v) is 9.90. The highest BCUT2D eigenvalue weighted by atomic mass is 16.3. The van der Waals surface area contributed by atoms with E-state index in [1.807, 2.05) is 0 Å². The van der Waals surface area contributed by atoms with Crippen LogP contribution < -0.4 is 5.32 Å². The largest absolute Gasteiger partial charge is 0.505 e. The fraction of sp³-hybridized carbons (Fsp3) is 0.333. The van der Waals surface area contributed by atoms with Gasteiger partial charge in [-0.3, -0.25) is 9.78 Å². The van der Waals surface area contributed by atoms with E-state index < -0.39 is 0 Å². The molecule has 1 aromatic heterocycles. The van der Waals surface area contributed by atoms with Crippen LogP contribution in [0.15, 0.2) is 12.3 Å². The first kappa shape index (κ1) is 13.2. The Morgan fingerprint density at radius 1 is 1.59 bits per heavy atom. The molecule has 5 heteroatoms. The molecule has 5 nitrogen and oxygen atoms in total. The summed E-state index contributed by atoms with van der Waals surface area (Å²) in [4.78, 5) is 14.6. The van der Waals surface area contributed by atoms with Crippen molar-refractivity contribution in [2.75, 3.05) is 6.54 Å². The molecule has 0 aliphatic heterocycles. The number of aromatic nitrogens is 1. The standard InChI is InChI=1S/C12H16N2O3/c1-8-12(17)11(10(7-15)6-14-8)4-3-5-13-9(2)16/h3-4,6,15,17H,5,7H2,1-2H3,(H,13,16). The van der Waals surface area contributed by atoms with Crippen LogP contribution in [0.4, 0.5) is 0 Å². The molecule has 0 spiro atoms. The van der Waals surface area contributed by atoms with Crippen molar-refractivity contribution < 1.29 is 15.0 Å². The summed E-state index contributed by atoms with van der Waals surface area (Å²) in [6.07, 6.45) is 4.88. The smallest absolute Gasteiger partial charge is 0.217 e. The van der Waals surface area contributed by atoms with E-state index in [0.717, 1.165) is 0 Å². The van der Waals surface area contributed by atoms with Crippen molar-refractivity contribution in [2.24, 2.45) is 0 Å². The predicted molar refractivity (Wildman–Crippen MR) is 64.3 cm³/mol. The van der Waals surface area contributed by atoms with Crippen LogP contribution in [0.1, 0.15) is 23.7 Å². The highest BCUT2D eigenvalue weighted by molar-refractivity contribution is 5.73. The summed E-state index contributed by atoms with van der Waals surface area (Å²) in [5.41, 5.74) is 1.58. The Morgan fingerprint density at radius 3 is 2.88 bits per heavy atom. The van der Waals surface area contributed by atoms with Gasteiger partial charge in [0.15, 0.2) is 0 Å². The first-order valence-electron chi connectivity index (χ1n) is 5.25. The molecule has 0 aliphatic rings. The van der Waals surface area contributed by atoms with Crippen molar-refractivity contribution in [3.05, 3.63) is 29.1 Å². The average molecular weight is 236 g/mol. The highest BCUT2D eigenvalue weighted by Crippen LogP contribution is 2.24. The maximum Gasteiger partial charge on any atom is 0.217 e. The highest BCUT2D eigenvalue weighted by Gasteiger charge is 2.07. The van der Waals surface area contributed by atoms with Crippen molar-refractivity contribution in [3.63, 3.8) is 0 Å². The Kier molecular flexibility index (Phi) is 4.66. The van der Waals surface area contributed by atoms with Crippen LogP contribution in [0, 0.1) is 6.92 Å². The van der Waals surface area contributed by atoms with Crippen molar-refractivity contribution >= 4 is 12.0 Å². The number of aromatic hydroxyl groups is 1. The number of pyridine rings is 1. The first-order chi connectivity index (χ1) is 8.06. The molecule has 17 heavy (non-hydrogen) atoms. The second-order valence-electron chi connectivity index (χ2n) is 3.63. The Bertz CT molecular complexity index is 442. The molecule has 0 atom stereocenters. The molecule has 0 fully saturated rings. The molecule has 0 saturated heterocycles. The second kappa shape index (κ2) is 6.00. The Morgan fingerprint density at radius 2 is 2.29 bits per heavy atom. The molecule has 92 valence electrons. The van der Waals surface area contributed by atoms with E-state index >= 15 is 0 Å². The summed E-state index contributed by atoms with van der Waals surface area (Å²) >= 11 is 0. The zero-order chi connectivity index (χ0) is 12.8. The van der Waals surface area contributed by atoms with Gasteiger partial charge in [-0.1, -0.05) is 12.2 Å². The topological polar surface area (TPSA) is 82.5 Å². The number of carbonyl (C=O) groups is 1. The Hall–Kier alpha value is -1.88. The molecule has 0 radical (unpaired) electrons. The van der Waals surface area contributed by atoms with E-state index in [9.17, 15) is 9.90 Å². The predicted octanol–water partition coefficient (Wildman–Crippen LogP) is 0.737. The van der Waals surface area contributed by atoms with Crippen molar-refractivity contribution in [2.45, 2.75) is 20.5 Å². The van der Waals surface area contributed by atoms with Crippen LogP contribution in [0.25, 0.3) is 6.08 Å². The van der Waals surface area contributed by atoms with E-state index in [4.69, 9.17) is 5.11 Å². The molecule has 0 aliphatic carbocycles. The number of carbonyl (C=O) groups excluding carboxylic acids is 1. The molecular weight excluding hydrogens is 220 g/mol. The number of amides is 1. The first-order valence-corrected chi connectivity index (χ1v) is 5.25. The van der Waals surface area contributed by atoms with Crippen molar-refractivity contribution in [3.8, 4) is 5.75 Å². The third-order valence-electron chi connectivity index (χ3n) is 2.28. The minimum Gasteiger partial charge on any atom is -0.505 e. The van der Waals surface area contributed by atoms with Gasteiger partial charge in [0.25, 0.3) is 0 Å². The molecule has 0 unspecified atom stereocenters. The van der Waals surface area contributed by atoms with Gasteiger partial charge in [-0.15, -0.1) is 0 Å². The fourth-order valence-electron chi connectivity index (χ4n) is 1.34. The van der Waals surface area contributed by atoms with Gasteiger partial charge in [-0.2, -0.15) is 0 Å². The van der Waals surface area contributed by atoms with E-state index in [0.29, 0.717) is 23.4 Å². The lowest BCUT2D eigenvalue weighted by Gasteiger charge is -2.07. The van der Waals surface area contributed by atoms with E-state index in [1.54, 1.807) is 19.1 Å². The summed E-state index contributed by atoms with van der Waals surface area (Å²) in [5.74, 6) is -0.0669. The fourth-order valence-corrected chi connectivity index (χ4v) is 1.34. The number of aryl methyl sites for hydroxylation is 1. The summed E-state index contributed by atoms with van der Waals surface area (Å²) in [6, 6.07) is 0. The number of nitrogens with zero attached hydrogens (tertiary/aromatic N) is 1. The molecule has 1 heterocycles. The summed E-state index contributed by atoms with van der Waals surface area (Å²) in [7, 11) is 0. The Labute approximate surface area is 99.8 Å². The lowest BCUT2D eigenvalue weighted by Crippen LogP contribution is -2.19. The maximum atomic E-state index is 10.7. The number of rotatable bonds is 4. The van der Waals surface area contributed by atoms with Gasteiger partial charge in [-0.05, 0) is 6.92 Å². The monoisotopic (exact) mass is 236 g/mol. The maximum absolute atomic E-state index is 10.7. The normalized spacial score (nSPS) is 10.8. The molecule has 1 amide bonds. The van der Waals surface area contributed by atoms with Gasteiger partial charge in [0.2, 0.25) is 5.91 Å². The lowest BCUT2D eigenvalue weighted by atomic mass is 10.1. The minimum absolute atomic E-state index is 0.0515. The van der Waals surface area contributed by atoms with Gasteiger partial charge in [0.05, 0.1) is 12.3 Å². The van der Waals surface area contributed by atoms with E-state index in [2.05, 4.69) is 10.3 Å². The van der Waals surface area contributed by atoms with Gasteiger partial charge in [-0.25, -0.2) is 0 Å².